The molecule has 0 radical (unpaired) electrons. The van der Waals surface area contributed by atoms with Crippen molar-refractivity contribution in [3.05, 3.63) is 65.7 Å². The molecule has 2 N–H and O–H groups in total. The third kappa shape index (κ3) is 2.58. The maximum absolute atomic E-state index is 9.39. The Hall–Kier alpha value is -2.10. The van der Waals surface area contributed by atoms with Gasteiger partial charge in [0.25, 0.3) is 0 Å². The molecule has 21 heavy (non-hydrogen) atoms. The van der Waals surface area contributed by atoms with Gasteiger partial charge in [-0.1, -0.05) is 54.1 Å². The average molecular weight is 276 g/mol. The van der Waals surface area contributed by atoms with E-state index >= 15 is 0 Å². The zero-order chi connectivity index (χ0) is 15.0. The quantitative estimate of drug-likeness (QED) is 0.706. The lowest BCUT2D eigenvalue weighted by atomic mass is 9.75. The Labute approximate surface area is 124 Å². The summed E-state index contributed by atoms with van der Waals surface area (Å²) in [4.78, 5) is 0. The van der Waals surface area contributed by atoms with Gasteiger partial charge in [0.05, 0.1) is 0 Å². The minimum absolute atomic E-state index is 0.567. The van der Waals surface area contributed by atoms with Crippen molar-refractivity contribution in [2.24, 2.45) is 0 Å². The zero-order valence-corrected chi connectivity index (χ0v) is 12.2. The summed E-state index contributed by atoms with van der Waals surface area (Å²) in [5.74, 6) is 0. The van der Waals surface area contributed by atoms with Gasteiger partial charge in [-0.3, -0.25) is 0 Å². The Bertz CT molecular complexity index is 809. The van der Waals surface area contributed by atoms with Crippen molar-refractivity contribution < 1.29 is 10.0 Å². The van der Waals surface area contributed by atoms with Crippen LogP contribution >= 0.6 is 0 Å². The largest absolute Gasteiger partial charge is 0.488 e. The molecule has 0 aliphatic rings. The smallest absolute Gasteiger partial charge is 0.423 e. The van der Waals surface area contributed by atoms with Crippen LogP contribution in [0.5, 0.6) is 0 Å². The van der Waals surface area contributed by atoms with Crippen molar-refractivity contribution >= 4 is 23.4 Å². The maximum atomic E-state index is 9.39. The first kappa shape index (κ1) is 13.9. The fraction of sp³-hybridized carbons (Fsp3) is 0.111. The fourth-order valence-electron chi connectivity index (χ4n) is 2.78. The SMILES string of the molecule is Cc1cc(-c2ccc3ccccc3c2)c(C)cc1B(O)O. The Balaban J connectivity index is 2.16. The van der Waals surface area contributed by atoms with E-state index in [0.717, 1.165) is 22.3 Å². The number of hydrogen-bond acceptors (Lipinski definition) is 2. The second-order valence-corrected chi connectivity index (χ2v) is 5.46. The summed E-state index contributed by atoms with van der Waals surface area (Å²) in [5, 5.41) is 21.2. The number of hydrogen-bond donors (Lipinski definition) is 2. The molecule has 2 nitrogen and oxygen atoms in total. The standard InChI is InChI=1S/C18H17BO2/c1-12-10-18(19(20)21)13(2)9-17(12)16-8-7-14-5-3-4-6-15(14)11-16/h3-11,20-21H,1-2H3. The molecule has 3 aromatic carbocycles. The summed E-state index contributed by atoms with van der Waals surface area (Å²) < 4.78 is 0. The molecule has 0 spiro atoms. The predicted octanol–water partition coefficient (Wildman–Crippen LogP) is 2.80. The molecule has 0 aliphatic carbocycles. The molecule has 3 heteroatoms. The van der Waals surface area contributed by atoms with E-state index in [2.05, 4.69) is 30.3 Å². The summed E-state index contributed by atoms with van der Waals surface area (Å²) in [6.45, 7) is 3.90. The molecule has 104 valence electrons. The van der Waals surface area contributed by atoms with Gasteiger partial charge in [0.1, 0.15) is 0 Å². The average Bonchev–Trinajstić information content (AvgIpc) is 2.48. The van der Waals surface area contributed by atoms with Crippen LogP contribution in [0.25, 0.3) is 21.9 Å². The molecule has 0 amide bonds. The first-order chi connectivity index (χ1) is 10.1. The molecular weight excluding hydrogens is 259 g/mol. The first-order valence-electron chi connectivity index (χ1n) is 7.03. The summed E-state index contributed by atoms with van der Waals surface area (Å²) >= 11 is 0. The molecule has 0 unspecified atom stereocenters. The van der Waals surface area contributed by atoms with Crippen LogP contribution in [-0.4, -0.2) is 17.2 Å². The normalized spacial score (nSPS) is 10.9. The van der Waals surface area contributed by atoms with Crippen molar-refractivity contribution in [2.45, 2.75) is 13.8 Å². The lowest BCUT2D eigenvalue weighted by molar-refractivity contribution is 0.425. The topological polar surface area (TPSA) is 40.5 Å². The van der Waals surface area contributed by atoms with E-state index in [-0.39, 0.29) is 0 Å². The molecule has 0 heterocycles. The highest BCUT2D eigenvalue weighted by molar-refractivity contribution is 6.59. The molecule has 0 saturated carbocycles. The minimum atomic E-state index is -1.42. The van der Waals surface area contributed by atoms with Crippen molar-refractivity contribution in [3.8, 4) is 11.1 Å². The van der Waals surface area contributed by atoms with E-state index in [4.69, 9.17) is 0 Å². The second-order valence-electron chi connectivity index (χ2n) is 5.46. The Kier molecular flexibility index (Phi) is 3.54. The molecular formula is C18H17BO2. The highest BCUT2D eigenvalue weighted by atomic mass is 16.4. The van der Waals surface area contributed by atoms with Crippen LogP contribution in [0, 0.1) is 13.8 Å². The molecule has 0 aliphatic heterocycles. The van der Waals surface area contributed by atoms with Crippen LogP contribution in [-0.2, 0) is 0 Å². The van der Waals surface area contributed by atoms with E-state index in [1.165, 1.54) is 10.8 Å². The van der Waals surface area contributed by atoms with Crippen LogP contribution in [0.1, 0.15) is 11.1 Å². The van der Waals surface area contributed by atoms with E-state index in [1.54, 1.807) is 0 Å². The molecule has 0 fully saturated rings. The van der Waals surface area contributed by atoms with E-state index in [0.29, 0.717) is 5.46 Å². The van der Waals surface area contributed by atoms with Gasteiger partial charge in [0.2, 0.25) is 0 Å². The highest BCUT2D eigenvalue weighted by Crippen LogP contribution is 2.27. The van der Waals surface area contributed by atoms with Gasteiger partial charge in [-0.2, -0.15) is 0 Å². The summed E-state index contributed by atoms with van der Waals surface area (Å²) in [7, 11) is -1.42. The Morgan fingerprint density at radius 3 is 2.19 bits per heavy atom. The monoisotopic (exact) mass is 276 g/mol. The van der Waals surface area contributed by atoms with Crippen LogP contribution in [0.15, 0.2) is 54.6 Å². The molecule has 0 aromatic heterocycles. The number of benzene rings is 3. The molecule has 0 bridgehead atoms. The summed E-state index contributed by atoms with van der Waals surface area (Å²) in [5.41, 5.74) is 4.77. The van der Waals surface area contributed by atoms with Gasteiger partial charge in [-0.25, -0.2) is 0 Å². The van der Waals surface area contributed by atoms with Crippen molar-refractivity contribution in [3.63, 3.8) is 0 Å². The molecule has 3 aromatic rings. The summed E-state index contributed by atoms with van der Waals surface area (Å²) in [6.07, 6.45) is 0. The molecule has 0 atom stereocenters. The van der Waals surface area contributed by atoms with E-state index in [9.17, 15) is 10.0 Å². The van der Waals surface area contributed by atoms with Crippen LogP contribution in [0.2, 0.25) is 0 Å². The Morgan fingerprint density at radius 1 is 0.762 bits per heavy atom. The Morgan fingerprint density at radius 2 is 1.48 bits per heavy atom. The lowest BCUT2D eigenvalue weighted by Crippen LogP contribution is -2.32. The zero-order valence-electron chi connectivity index (χ0n) is 12.2. The number of aryl methyl sites for hydroxylation is 2. The third-order valence-electron chi connectivity index (χ3n) is 3.95. The van der Waals surface area contributed by atoms with Gasteiger partial charge in [0.15, 0.2) is 0 Å². The number of fused-ring (bicyclic) bond motifs is 1. The highest BCUT2D eigenvalue weighted by Gasteiger charge is 2.16. The summed E-state index contributed by atoms with van der Waals surface area (Å²) in [6, 6.07) is 18.6. The van der Waals surface area contributed by atoms with Gasteiger partial charge < -0.3 is 10.0 Å². The predicted molar refractivity (Wildman–Crippen MR) is 88.7 cm³/mol. The van der Waals surface area contributed by atoms with Crippen molar-refractivity contribution in [2.75, 3.05) is 0 Å². The van der Waals surface area contributed by atoms with E-state index in [1.807, 2.05) is 38.1 Å². The molecule has 3 rings (SSSR count). The van der Waals surface area contributed by atoms with Crippen LogP contribution in [0.4, 0.5) is 0 Å². The fourth-order valence-corrected chi connectivity index (χ4v) is 2.78. The van der Waals surface area contributed by atoms with E-state index < -0.39 is 7.12 Å². The molecule has 0 saturated heterocycles. The van der Waals surface area contributed by atoms with Crippen LogP contribution < -0.4 is 5.46 Å². The minimum Gasteiger partial charge on any atom is -0.423 e. The first-order valence-corrected chi connectivity index (χ1v) is 7.03. The van der Waals surface area contributed by atoms with Gasteiger partial charge in [0, 0.05) is 0 Å². The lowest BCUT2D eigenvalue weighted by Gasteiger charge is -2.12. The van der Waals surface area contributed by atoms with Gasteiger partial charge in [-0.15, -0.1) is 0 Å². The van der Waals surface area contributed by atoms with Crippen molar-refractivity contribution in [1.82, 2.24) is 0 Å². The van der Waals surface area contributed by atoms with Crippen LogP contribution in [0.3, 0.4) is 0 Å². The van der Waals surface area contributed by atoms with Gasteiger partial charge in [-0.05, 0) is 52.8 Å². The second kappa shape index (κ2) is 5.36. The van der Waals surface area contributed by atoms with Crippen molar-refractivity contribution in [1.29, 1.82) is 0 Å². The number of rotatable bonds is 2. The third-order valence-corrected chi connectivity index (χ3v) is 3.95. The maximum Gasteiger partial charge on any atom is 0.488 e. The van der Waals surface area contributed by atoms with Gasteiger partial charge >= 0.3 is 7.12 Å².